The Morgan fingerprint density at radius 1 is 1.00 bits per heavy atom. The number of hydrogen-bond donors (Lipinski definition) is 1. The number of aromatic nitrogens is 4. The maximum absolute atomic E-state index is 12.3. The first-order valence-electron chi connectivity index (χ1n) is 9.67. The number of carbonyl (C=O) groups is 1. The average Bonchev–Trinajstić information content (AvgIpc) is 3.37. The molecule has 0 saturated carbocycles. The van der Waals surface area contributed by atoms with Gasteiger partial charge in [-0.3, -0.25) is 9.48 Å². The summed E-state index contributed by atoms with van der Waals surface area (Å²) in [5.74, 6) is 0.507. The zero-order valence-corrected chi connectivity index (χ0v) is 16.9. The Labute approximate surface area is 174 Å². The molecular weight excluding hydrogens is 378 g/mol. The number of carbonyl (C=O) groups excluding carboxylic acids is 1. The van der Waals surface area contributed by atoms with Crippen LogP contribution in [0.2, 0.25) is 0 Å². The van der Waals surface area contributed by atoms with Crippen LogP contribution in [-0.2, 0) is 20.3 Å². The molecule has 0 aliphatic carbocycles. The van der Waals surface area contributed by atoms with Gasteiger partial charge in [0.05, 0.1) is 5.69 Å². The van der Waals surface area contributed by atoms with E-state index in [1.54, 1.807) is 21.6 Å². The van der Waals surface area contributed by atoms with Crippen molar-refractivity contribution in [1.82, 2.24) is 24.9 Å². The highest BCUT2D eigenvalue weighted by molar-refractivity contribution is 5.92. The Kier molecular flexibility index (Phi) is 5.61. The first-order valence-corrected chi connectivity index (χ1v) is 9.67. The number of nitrogens with one attached hydrogen (secondary N) is 1. The number of ether oxygens (including phenoxy) is 1. The lowest BCUT2D eigenvalue weighted by molar-refractivity contribution is 0.0944. The highest BCUT2D eigenvalue weighted by Gasteiger charge is 2.11. The van der Waals surface area contributed by atoms with Gasteiger partial charge in [-0.1, -0.05) is 42.5 Å². The summed E-state index contributed by atoms with van der Waals surface area (Å²) in [6, 6.07) is 19.7. The highest BCUT2D eigenvalue weighted by atomic mass is 16.5. The van der Waals surface area contributed by atoms with E-state index in [9.17, 15) is 4.79 Å². The molecular formula is C23H23N5O2. The molecule has 0 fully saturated rings. The van der Waals surface area contributed by atoms with Gasteiger partial charge >= 0.3 is 0 Å². The highest BCUT2D eigenvalue weighted by Crippen LogP contribution is 2.22. The van der Waals surface area contributed by atoms with Gasteiger partial charge in [-0.05, 0) is 36.2 Å². The van der Waals surface area contributed by atoms with Crippen LogP contribution in [0.25, 0.3) is 11.1 Å². The zero-order chi connectivity index (χ0) is 20.9. The normalized spacial score (nSPS) is 10.7. The fourth-order valence-electron chi connectivity index (χ4n) is 3.16. The molecule has 0 unspecified atom stereocenters. The van der Waals surface area contributed by atoms with Crippen molar-refractivity contribution in [1.29, 1.82) is 0 Å². The number of amides is 1. The van der Waals surface area contributed by atoms with Crippen molar-refractivity contribution in [3.8, 4) is 16.9 Å². The molecule has 30 heavy (non-hydrogen) atoms. The van der Waals surface area contributed by atoms with Gasteiger partial charge in [0.2, 0.25) is 0 Å². The van der Waals surface area contributed by atoms with E-state index in [1.807, 2.05) is 62.6 Å². The van der Waals surface area contributed by atoms with Crippen LogP contribution in [0.5, 0.6) is 5.75 Å². The fourth-order valence-corrected chi connectivity index (χ4v) is 3.16. The first kappa shape index (κ1) is 19.4. The molecule has 0 bridgehead atoms. The molecule has 152 valence electrons. The van der Waals surface area contributed by atoms with E-state index >= 15 is 0 Å². The van der Waals surface area contributed by atoms with Crippen molar-refractivity contribution in [2.24, 2.45) is 7.05 Å². The molecule has 0 radical (unpaired) electrons. The van der Waals surface area contributed by atoms with E-state index in [-0.39, 0.29) is 12.6 Å². The van der Waals surface area contributed by atoms with Crippen molar-refractivity contribution in [3.05, 3.63) is 90.0 Å². The van der Waals surface area contributed by atoms with Crippen molar-refractivity contribution in [2.45, 2.75) is 20.2 Å². The Bertz CT molecular complexity index is 1130. The third-order valence-electron chi connectivity index (χ3n) is 4.75. The largest absolute Gasteiger partial charge is 0.471 e. The van der Waals surface area contributed by atoms with Crippen LogP contribution >= 0.6 is 0 Å². The molecule has 2 aromatic carbocycles. The smallest absolute Gasteiger partial charge is 0.272 e. The lowest BCUT2D eigenvalue weighted by Crippen LogP contribution is -2.23. The van der Waals surface area contributed by atoms with E-state index in [0.717, 1.165) is 28.1 Å². The van der Waals surface area contributed by atoms with Crippen LogP contribution in [-0.4, -0.2) is 25.5 Å². The second kappa shape index (κ2) is 8.65. The molecule has 2 heterocycles. The second-order valence-electron chi connectivity index (χ2n) is 7.00. The molecule has 4 rings (SSSR count). The van der Waals surface area contributed by atoms with Gasteiger partial charge in [0.25, 0.3) is 5.91 Å². The van der Waals surface area contributed by atoms with Crippen LogP contribution in [0.3, 0.4) is 0 Å². The molecule has 0 aliphatic rings. The molecule has 2 aromatic heterocycles. The van der Waals surface area contributed by atoms with E-state index in [4.69, 9.17) is 4.74 Å². The third kappa shape index (κ3) is 4.57. The SMILES string of the molecule is Cc1nn(C)cc1CNC(=O)c1ccn(COc2ccc(-c3ccccc3)cc2)n1. The zero-order valence-electron chi connectivity index (χ0n) is 16.9. The minimum absolute atomic E-state index is 0.222. The maximum atomic E-state index is 12.3. The summed E-state index contributed by atoms with van der Waals surface area (Å²) in [5.41, 5.74) is 4.51. The minimum atomic E-state index is -0.232. The lowest BCUT2D eigenvalue weighted by atomic mass is 10.1. The molecule has 0 aliphatic heterocycles. The summed E-state index contributed by atoms with van der Waals surface area (Å²) < 4.78 is 9.11. The molecule has 7 heteroatoms. The number of nitrogens with zero attached hydrogens (tertiary/aromatic N) is 4. The number of hydrogen-bond acceptors (Lipinski definition) is 4. The third-order valence-corrected chi connectivity index (χ3v) is 4.75. The Morgan fingerprint density at radius 2 is 1.73 bits per heavy atom. The summed E-state index contributed by atoms with van der Waals surface area (Å²) in [6.45, 7) is 2.55. The van der Waals surface area contributed by atoms with Crippen LogP contribution < -0.4 is 10.1 Å². The van der Waals surface area contributed by atoms with Gasteiger partial charge in [-0.25, -0.2) is 4.68 Å². The molecule has 0 spiro atoms. The van der Waals surface area contributed by atoms with Crippen LogP contribution in [0, 0.1) is 6.92 Å². The fraction of sp³-hybridized carbons (Fsp3) is 0.174. The Morgan fingerprint density at radius 3 is 2.43 bits per heavy atom. The molecule has 0 atom stereocenters. The van der Waals surface area contributed by atoms with Crippen LogP contribution in [0.1, 0.15) is 21.7 Å². The number of benzene rings is 2. The van der Waals surface area contributed by atoms with Gasteiger partial charge in [0.15, 0.2) is 6.73 Å². The average molecular weight is 401 g/mol. The van der Waals surface area contributed by atoms with Crippen LogP contribution in [0.4, 0.5) is 0 Å². The Balaban J connectivity index is 1.31. The molecule has 7 nitrogen and oxygen atoms in total. The number of aryl methyl sites for hydroxylation is 2. The van der Waals surface area contributed by atoms with Crippen LogP contribution in [0.15, 0.2) is 73.1 Å². The van der Waals surface area contributed by atoms with E-state index < -0.39 is 0 Å². The van der Waals surface area contributed by atoms with E-state index in [0.29, 0.717) is 12.2 Å². The standard InChI is InChI=1S/C23H23N5O2/c1-17-20(15-27(2)25-17)14-24-23(29)22-12-13-28(26-22)16-30-21-10-8-19(9-11-21)18-6-4-3-5-7-18/h3-13,15H,14,16H2,1-2H3,(H,24,29). The van der Waals surface area contributed by atoms with Gasteiger partial charge in [0.1, 0.15) is 11.4 Å². The van der Waals surface area contributed by atoms with E-state index in [2.05, 4.69) is 27.6 Å². The monoisotopic (exact) mass is 401 g/mol. The van der Waals surface area contributed by atoms with Gasteiger partial charge in [-0.15, -0.1) is 0 Å². The van der Waals surface area contributed by atoms with Crippen molar-refractivity contribution in [2.75, 3.05) is 0 Å². The lowest BCUT2D eigenvalue weighted by Gasteiger charge is -2.07. The van der Waals surface area contributed by atoms with Gasteiger partial charge in [0, 0.05) is 31.5 Å². The van der Waals surface area contributed by atoms with Crippen molar-refractivity contribution >= 4 is 5.91 Å². The first-order chi connectivity index (χ1) is 14.6. The minimum Gasteiger partial charge on any atom is -0.471 e. The van der Waals surface area contributed by atoms with Gasteiger partial charge in [-0.2, -0.15) is 10.2 Å². The summed E-state index contributed by atoms with van der Waals surface area (Å²) in [4.78, 5) is 12.3. The summed E-state index contributed by atoms with van der Waals surface area (Å²) in [7, 11) is 1.86. The predicted octanol–water partition coefficient (Wildman–Crippen LogP) is 3.56. The van der Waals surface area contributed by atoms with Gasteiger partial charge < -0.3 is 10.1 Å². The maximum Gasteiger partial charge on any atom is 0.272 e. The predicted molar refractivity (Wildman–Crippen MR) is 114 cm³/mol. The topological polar surface area (TPSA) is 74.0 Å². The molecule has 0 saturated heterocycles. The molecule has 1 N–H and O–H groups in total. The Hall–Kier alpha value is -3.87. The summed E-state index contributed by atoms with van der Waals surface area (Å²) in [6.07, 6.45) is 3.62. The summed E-state index contributed by atoms with van der Waals surface area (Å²) in [5, 5.41) is 11.4. The molecule has 1 amide bonds. The number of rotatable bonds is 7. The van der Waals surface area contributed by atoms with Crippen molar-refractivity contribution in [3.63, 3.8) is 0 Å². The second-order valence-corrected chi connectivity index (χ2v) is 7.00. The quantitative estimate of drug-likeness (QED) is 0.514. The van der Waals surface area contributed by atoms with E-state index in [1.165, 1.54) is 0 Å². The summed E-state index contributed by atoms with van der Waals surface area (Å²) >= 11 is 0. The molecule has 4 aromatic rings. The van der Waals surface area contributed by atoms with Crippen molar-refractivity contribution < 1.29 is 9.53 Å².